The topological polar surface area (TPSA) is 40.5 Å². The van der Waals surface area contributed by atoms with Gasteiger partial charge in [0.05, 0.1) is 5.56 Å². The molecule has 0 saturated heterocycles. The van der Waals surface area contributed by atoms with Crippen molar-refractivity contribution in [1.29, 1.82) is 0 Å². The number of benzene rings is 1. The second-order valence-corrected chi connectivity index (χ2v) is 3.91. The minimum absolute atomic E-state index is 0.311. The van der Waals surface area contributed by atoms with Crippen molar-refractivity contribution in [3.05, 3.63) is 29.8 Å². The van der Waals surface area contributed by atoms with Crippen LogP contribution in [0.25, 0.3) is 0 Å². The summed E-state index contributed by atoms with van der Waals surface area (Å²) in [6.45, 7) is 3.81. The molecule has 1 aromatic rings. The number of carbonyl (C=O) groups is 1. The lowest BCUT2D eigenvalue weighted by atomic mass is 10.2. The summed E-state index contributed by atoms with van der Waals surface area (Å²) in [7, 11) is 0. The first kappa shape index (κ1) is 12.8. The molecule has 0 amide bonds. The van der Waals surface area contributed by atoms with Gasteiger partial charge < -0.3 is 10.0 Å². The molecule has 0 aliphatic rings. The van der Waals surface area contributed by atoms with Gasteiger partial charge in [-0.1, -0.05) is 6.92 Å². The molecule has 0 spiro atoms. The van der Waals surface area contributed by atoms with Gasteiger partial charge in [-0.15, -0.1) is 11.6 Å². The van der Waals surface area contributed by atoms with Crippen LogP contribution in [0, 0.1) is 0 Å². The third kappa shape index (κ3) is 3.42. The van der Waals surface area contributed by atoms with E-state index in [0.717, 1.165) is 25.2 Å². The summed E-state index contributed by atoms with van der Waals surface area (Å²) < 4.78 is 0. The number of aromatic carboxylic acids is 1. The highest BCUT2D eigenvalue weighted by Gasteiger charge is 2.06. The Bertz CT molecular complexity index is 331. The van der Waals surface area contributed by atoms with E-state index in [9.17, 15) is 4.79 Å². The normalized spacial score (nSPS) is 10.1. The van der Waals surface area contributed by atoms with Gasteiger partial charge in [0.2, 0.25) is 0 Å². The Kier molecular flexibility index (Phi) is 5.12. The number of rotatable bonds is 6. The first-order chi connectivity index (χ1) is 7.69. The molecule has 0 bridgehead atoms. The van der Waals surface area contributed by atoms with Crippen LogP contribution in [0.2, 0.25) is 0 Å². The van der Waals surface area contributed by atoms with Gasteiger partial charge >= 0.3 is 5.97 Å². The lowest BCUT2D eigenvalue weighted by Gasteiger charge is -2.23. The average molecular weight is 242 g/mol. The number of anilines is 1. The van der Waals surface area contributed by atoms with Crippen molar-refractivity contribution in [2.45, 2.75) is 13.3 Å². The fourth-order valence-corrected chi connectivity index (χ4v) is 1.76. The fraction of sp³-hybridized carbons (Fsp3) is 0.417. The van der Waals surface area contributed by atoms with Gasteiger partial charge in [0.15, 0.2) is 0 Å². The van der Waals surface area contributed by atoms with Crippen LogP contribution in [0.1, 0.15) is 23.7 Å². The van der Waals surface area contributed by atoms with E-state index in [1.54, 1.807) is 12.1 Å². The third-order valence-electron chi connectivity index (χ3n) is 2.33. The van der Waals surface area contributed by atoms with E-state index in [1.807, 2.05) is 12.1 Å². The van der Waals surface area contributed by atoms with Crippen molar-refractivity contribution in [2.24, 2.45) is 0 Å². The van der Waals surface area contributed by atoms with Crippen LogP contribution in [0.15, 0.2) is 24.3 Å². The third-order valence-corrected chi connectivity index (χ3v) is 2.50. The van der Waals surface area contributed by atoms with Crippen molar-refractivity contribution >= 4 is 23.3 Å². The van der Waals surface area contributed by atoms with Crippen molar-refractivity contribution in [1.82, 2.24) is 0 Å². The number of halogens is 1. The van der Waals surface area contributed by atoms with E-state index in [-0.39, 0.29) is 0 Å². The maximum Gasteiger partial charge on any atom is 0.335 e. The molecule has 4 heteroatoms. The van der Waals surface area contributed by atoms with Crippen molar-refractivity contribution < 1.29 is 9.90 Å². The Morgan fingerprint density at radius 2 is 1.94 bits per heavy atom. The fourth-order valence-electron chi connectivity index (χ4n) is 1.56. The highest BCUT2D eigenvalue weighted by molar-refractivity contribution is 6.18. The van der Waals surface area contributed by atoms with E-state index < -0.39 is 5.97 Å². The van der Waals surface area contributed by atoms with Gasteiger partial charge in [-0.05, 0) is 30.7 Å². The van der Waals surface area contributed by atoms with Gasteiger partial charge in [0.1, 0.15) is 0 Å². The number of hydrogen-bond acceptors (Lipinski definition) is 2. The standard InChI is InChI=1S/C12H16ClNO2/c1-2-8-14(9-7-13)11-5-3-10(4-6-11)12(15)16/h3-6H,2,7-9H2,1H3,(H,15,16). The number of alkyl halides is 1. The number of carboxylic acid groups (broad SMARTS) is 1. The molecule has 0 saturated carbocycles. The molecule has 0 aliphatic heterocycles. The van der Waals surface area contributed by atoms with Gasteiger partial charge in [-0.3, -0.25) is 0 Å². The number of nitrogens with zero attached hydrogens (tertiary/aromatic N) is 1. The summed E-state index contributed by atoms with van der Waals surface area (Å²) in [5.41, 5.74) is 1.33. The van der Waals surface area contributed by atoms with E-state index in [0.29, 0.717) is 11.4 Å². The maximum absolute atomic E-state index is 10.7. The molecule has 0 aromatic heterocycles. The molecule has 0 unspecified atom stereocenters. The van der Waals surface area contributed by atoms with E-state index in [2.05, 4.69) is 11.8 Å². The highest BCUT2D eigenvalue weighted by atomic mass is 35.5. The first-order valence-electron chi connectivity index (χ1n) is 5.33. The second kappa shape index (κ2) is 6.38. The zero-order valence-electron chi connectivity index (χ0n) is 9.32. The van der Waals surface area contributed by atoms with Crippen molar-refractivity contribution in [3.63, 3.8) is 0 Å². The smallest absolute Gasteiger partial charge is 0.335 e. The van der Waals surface area contributed by atoms with Crippen LogP contribution in [0.4, 0.5) is 5.69 Å². The molecule has 0 atom stereocenters. The molecule has 0 heterocycles. The average Bonchev–Trinajstić information content (AvgIpc) is 2.29. The lowest BCUT2D eigenvalue weighted by Crippen LogP contribution is -2.26. The Morgan fingerprint density at radius 1 is 1.31 bits per heavy atom. The molecule has 0 radical (unpaired) electrons. The summed E-state index contributed by atoms with van der Waals surface area (Å²) >= 11 is 5.73. The Morgan fingerprint density at radius 3 is 2.38 bits per heavy atom. The summed E-state index contributed by atoms with van der Waals surface area (Å²) in [6, 6.07) is 6.89. The Balaban J connectivity index is 2.80. The van der Waals surface area contributed by atoms with Gasteiger partial charge in [0.25, 0.3) is 0 Å². The Labute approximate surface area is 101 Å². The predicted molar refractivity (Wildman–Crippen MR) is 66.6 cm³/mol. The molecule has 3 nitrogen and oxygen atoms in total. The van der Waals surface area contributed by atoms with Crippen LogP contribution >= 0.6 is 11.6 Å². The first-order valence-corrected chi connectivity index (χ1v) is 5.86. The molecule has 0 fully saturated rings. The molecule has 1 aromatic carbocycles. The monoisotopic (exact) mass is 241 g/mol. The molecule has 0 aliphatic carbocycles. The zero-order valence-corrected chi connectivity index (χ0v) is 10.1. The summed E-state index contributed by atoms with van der Waals surface area (Å²) in [6.07, 6.45) is 1.04. The van der Waals surface area contributed by atoms with Gasteiger partial charge in [-0.25, -0.2) is 4.79 Å². The van der Waals surface area contributed by atoms with Crippen LogP contribution in [-0.4, -0.2) is 30.0 Å². The summed E-state index contributed by atoms with van der Waals surface area (Å²) in [5.74, 6) is -0.327. The zero-order chi connectivity index (χ0) is 12.0. The van der Waals surface area contributed by atoms with E-state index >= 15 is 0 Å². The van der Waals surface area contributed by atoms with E-state index in [1.165, 1.54) is 0 Å². The van der Waals surface area contributed by atoms with Crippen molar-refractivity contribution in [2.75, 3.05) is 23.9 Å². The van der Waals surface area contributed by atoms with Crippen molar-refractivity contribution in [3.8, 4) is 0 Å². The quantitative estimate of drug-likeness (QED) is 0.779. The molecule has 88 valence electrons. The minimum atomic E-state index is -0.897. The van der Waals surface area contributed by atoms with Gasteiger partial charge in [0, 0.05) is 24.7 Å². The number of carboxylic acids is 1. The summed E-state index contributed by atoms with van der Waals surface area (Å²) in [5, 5.41) is 8.79. The largest absolute Gasteiger partial charge is 0.478 e. The van der Waals surface area contributed by atoms with Crippen LogP contribution in [0.5, 0.6) is 0 Å². The maximum atomic E-state index is 10.7. The van der Waals surface area contributed by atoms with Gasteiger partial charge in [-0.2, -0.15) is 0 Å². The second-order valence-electron chi connectivity index (χ2n) is 3.53. The molecular formula is C12H16ClNO2. The lowest BCUT2D eigenvalue weighted by molar-refractivity contribution is 0.0697. The van der Waals surface area contributed by atoms with Crippen LogP contribution < -0.4 is 4.90 Å². The highest BCUT2D eigenvalue weighted by Crippen LogP contribution is 2.15. The Hall–Kier alpha value is -1.22. The van der Waals surface area contributed by atoms with E-state index in [4.69, 9.17) is 16.7 Å². The molecule has 16 heavy (non-hydrogen) atoms. The predicted octanol–water partition coefficient (Wildman–Crippen LogP) is 2.84. The molecule has 1 rings (SSSR count). The number of hydrogen-bond donors (Lipinski definition) is 1. The molecular weight excluding hydrogens is 226 g/mol. The summed E-state index contributed by atoms with van der Waals surface area (Å²) in [4.78, 5) is 12.9. The minimum Gasteiger partial charge on any atom is -0.478 e. The molecule has 1 N–H and O–H groups in total. The SMILES string of the molecule is CCCN(CCCl)c1ccc(C(=O)O)cc1. The van der Waals surface area contributed by atoms with Crippen LogP contribution in [0.3, 0.4) is 0 Å². The van der Waals surface area contributed by atoms with Crippen LogP contribution in [-0.2, 0) is 0 Å².